The predicted octanol–water partition coefficient (Wildman–Crippen LogP) is 4.45. The summed E-state index contributed by atoms with van der Waals surface area (Å²) in [5.41, 5.74) is 0. The summed E-state index contributed by atoms with van der Waals surface area (Å²) in [6.45, 7) is 2.21. The van der Waals surface area contributed by atoms with E-state index < -0.39 is 0 Å². The summed E-state index contributed by atoms with van der Waals surface area (Å²) in [4.78, 5) is 11.9. The van der Waals surface area contributed by atoms with Gasteiger partial charge in [0.05, 0.1) is 0 Å². The van der Waals surface area contributed by atoms with Gasteiger partial charge in [-0.15, -0.1) is 0 Å². The molecule has 0 spiro atoms. The molecule has 16 heavy (non-hydrogen) atoms. The fraction of sp³-hybridized carbons (Fsp3) is 0.929. The van der Waals surface area contributed by atoms with Crippen LogP contribution in [0.1, 0.15) is 64.7 Å². The van der Waals surface area contributed by atoms with E-state index in [9.17, 15) is 4.79 Å². The third-order valence-electron chi connectivity index (χ3n) is 3.48. The molecule has 1 unspecified atom stereocenters. The lowest BCUT2D eigenvalue weighted by Gasteiger charge is -2.18. The van der Waals surface area contributed by atoms with E-state index in [2.05, 4.69) is 6.92 Å². The quantitative estimate of drug-likeness (QED) is 0.640. The van der Waals surface area contributed by atoms with Gasteiger partial charge in [-0.2, -0.15) is 11.8 Å². The van der Waals surface area contributed by atoms with E-state index in [0.29, 0.717) is 11.7 Å². The van der Waals surface area contributed by atoms with E-state index in [4.69, 9.17) is 0 Å². The maximum atomic E-state index is 11.9. The topological polar surface area (TPSA) is 17.1 Å². The molecule has 94 valence electrons. The van der Waals surface area contributed by atoms with Gasteiger partial charge in [0, 0.05) is 12.3 Å². The number of hydrogen-bond donors (Lipinski definition) is 0. The maximum Gasteiger partial charge on any atom is 0.135 e. The molecule has 1 aliphatic carbocycles. The first-order valence-electron chi connectivity index (χ1n) is 6.95. The minimum Gasteiger partial charge on any atom is -0.299 e. The Labute approximate surface area is 105 Å². The molecule has 0 aromatic rings. The summed E-state index contributed by atoms with van der Waals surface area (Å²) in [6, 6.07) is 0. The molecule has 0 radical (unpaired) electrons. The Morgan fingerprint density at radius 2 is 2.00 bits per heavy atom. The number of unbranched alkanes of at least 4 members (excludes halogenated alkanes) is 1. The van der Waals surface area contributed by atoms with Gasteiger partial charge >= 0.3 is 0 Å². The minimum absolute atomic E-state index is 0.409. The van der Waals surface area contributed by atoms with Gasteiger partial charge in [0.25, 0.3) is 0 Å². The van der Waals surface area contributed by atoms with E-state index >= 15 is 0 Å². The summed E-state index contributed by atoms with van der Waals surface area (Å²) in [6.07, 6.45) is 10.8. The SMILES string of the molecule is CCSCCCCC1CCCCCCC1=O. The molecular formula is C14H26OS. The fourth-order valence-corrected chi connectivity index (χ4v) is 3.15. The second-order valence-electron chi connectivity index (χ2n) is 4.81. The van der Waals surface area contributed by atoms with Crippen molar-refractivity contribution in [2.24, 2.45) is 5.92 Å². The van der Waals surface area contributed by atoms with Crippen LogP contribution < -0.4 is 0 Å². The van der Waals surface area contributed by atoms with Crippen LogP contribution in [-0.4, -0.2) is 17.3 Å². The normalized spacial score (nSPS) is 22.8. The van der Waals surface area contributed by atoms with Crippen molar-refractivity contribution in [1.82, 2.24) is 0 Å². The molecule has 0 aromatic heterocycles. The van der Waals surface area contributed by atoms with Crippen LogP contribution in [-0.2, 0) is 4.79 Å². The molecule has 0 saturated heterocycles. The highest BCUT2D eigenvalue weighted by Gasteiger charge is 2.18. The standard InChI is InChI=1S/C14H26OS/c1-2-16-12-8-7-10-13-9-5-3-4-6-11-14(13)15/h13H,2-12H2,1H3. The van der Waals surface area contributed by atoms with Crippen LogP contribution in [0.5, 0.6) is 0 Å². The molecule has 1 saturated carbocycles. The molecule has 0 heterocycles. The second kappa shape index (κ2) is 9.09. The van der Waals surface area contributed by atoms with E-state index in [1.807, 2.05) is 11.8 Å². The molecule has 1 aliphatic rings. The minimum atomic E-state index is 0.409. The van der Waals surface area contributed by atoms with E-state index in [1.165, 1.54) is 50.0 Å². The van der Waals surface area contributed by atoms with E-state index in [0.717, 1.165) is 19.3 Å². The van der Waals surface area contributed by atoms with Crippen LogP contribution in [0.3, 0.4) is 0 Å². The van der Waals surface area contributed by atoms with Crippen LogP contribution in [0, 0.1) is 5.92 Å². The van der Waals surface area contributed by atoms with Gasteiger partial charge in [-0.3, -0.25) is 4.79 Å². The van der Waals surface area contributed by atoms with Crippen LogP contribution >= 0.6 is 11.8 Å². The monoisotopic (exact) mass is 242 g/mol. The Morgan fingerprint density at radius 3 is 2.81 bits per heavy atom. The van der Waals surface area contributed by atoms with Gasteiger partial charge in [-0.25, -0.2) is 0 Å². The Kier molecular flexibility index (Phi) is 8.00. The lowest BCUT2D eigenvalue weighted by molar-refractivity contribution is -0.123. The molecule has 0 amide bonds. The van der Waals surface area contributed by atoms with Crippen molar-refractivity contribution in [2.45, 2.75) is 64.7 Å². The molecule has 1 atom stereocenters. The highest BCUT2D eigenvalue weighted by atomic mass is 32.2. The number of rotatable bonds is 6. The lowest BCUT2D eigenvalue weighted by Crippen LogP contribution is -2.16. The smallest absolute Gasteiger partial charge is 0.135 e. The molecular weight excluding hydrogens is 216 g/mol. The zero-order chi connectivity index (χ0) is 11.6. The Hall–Kier alpha value is 0.0200. The van der Waals surface area contributed by atoms with E-state index in [-0.39, 0.29) is 0 Å². The summed E-state index contributed by atoms with van der Waals surface area (Å²) < 4.78 is 0. The van der Waals surface area contributed by atoms with Gasteiger partial charge in [-0.1, -0.05) is 32.6 Å². The van der Waals surface area contributed by atoms with Crippen molar-refractivity contribution in [1.29, 1.82) is 0 Å². The van der Waals surface area contributed by atoms with Crippen LogP contribution in [0.15, 0.2) is 0 Å². The van der Waals surface area contributed by atoms with Crippen molar-refractivity contribution in [3.8, 4) is 0 Å². The first-order chi connectivity index (χ1) is 7.84. The molecule has 0 aromatic carbocycles. The summed E-state index contributed by atoms with van der Waals surface area (Å²) >= 11 is 2.02. The number of Topliss-reactive ketones (excluding diaryl/α,β-unsaturated/α-hetero) is 1. The molecule has 0 bridgehead atoms. The number of carbonyl (C=O) groups excluding carboxylic acids is 1. The number of ketones is 1. The molecule has 0 aliphatic heterocycles. The molecule has 1 rings (SSSR count). The predicted molar refractivity (Wildman–Crippen MR) is 73.0 cm³/mol. The zero-order valence-corrected chi connectivity index (χ0v) is 11.5. The highest BCUT2D eigenvalue weighted by Crippen LogP contribution is 2.24. The first-order valence-corrected chi connectivity index (χ1v) is 8.10. The van der Waals surface area contributed by atoms with Crippen molar-refractivity contribution in [3.05, 3.63) is 0 Å². The molecule has 1 nitrogen and oxygen atoms in total. The first kappa shape index (κ1) is 14.1. The zero-order valence-electron chi connectivity index (χ0n) is 10.7. The van der Waals surface area contributed by atoms with Crippen molar-refractivity contribution in [3.63, 3.8) is 0 Å². The Bertz CT molecular complexity index is 191. The van der Waals surface area contributed by atoms with Crippen LogP contribution in [0.4, 0.5) is 0 Å². The molecule has 2 heteroatoms. The maximum absolute atomic E-state index is 11.9. The third kappa shape index (κ3) is 5.93. The molecule has 0 N–H and O–H groups in total. The third-order valence-corrected chi connectivity index (χ3v) is 4.46. The number of thioether (sulfide) groups is 1. The summed E-state index contributed by atoms with van der Waals surface area (Å²) in [5.74, 6) is 3.47. The van der Waals surface area contributed by atoms with Gasteiger partial charge in [0.2, 0.25) is 0 Å². The van der Waals surface area contributed by atoms with Gasteiger partial charge in [-0.05, 0) is 37.2 Å². The van der Waals surface area contributed by atoms with Crippen molar-refractivity contribution < 1.29 is 4.79 Å². The average Bonchev–Trinajstić information content (AvgIpc) is 2.27. The molecule has 1 fully saturated rings. The van der Waals surface area contributed by atoms with Gasteiger partial charge < -0.3 is 0 Å². The van der Waals surface area contributed by atoms with Crippen LogP contribution in [0.25, 0.3) is 0 Å². The van der Waals surface area contributed by atoms with Crippen molar-refractivity contribution >= 4 is 17.5 Å². The highest BCUT2D eigenvalue weighted by molar-refractivity contribution is 7.99. The van der Waals surface area contributed by atoms with Crippen molar-refractivity contribution in [2.75, 3.05) is 11.5 Å². The summed E-state index contributed by atoms with van der Waals surface area (Å²) in [5, 5.41) is 0. The second-order valence-corrected chi connectivity index (χ2v) is 6.20. The largest absolute Gasteiger partial charge is 0.299 e. The Morgan fingerprint density at radius 1 is 1.19 bits per heavy atom. The fourth-order valence-electron chi connectivity index (χ4n) is 2.45. The Balaban J connectivity index is 2.14. The van der Waals surface area contributed by atoms with Gasteiger partial charge in [0.15, 0.2) is 0 Å². The van der Waals surface area contributed by atoms with Crippen LogP contribution in [0.2, 0.25) is 0 Å². The average molecular weight is 242 g/mol. The van der Waals surface area contributed by atoms with E-state index in [1.54, 1.807) is 0 Å². The lowest BCUT2D eigenvalue weighted by atomic mass is 9.87. The van der Waals surface area contributed by atoms with Gasteiger partial charge in [0.1, 0.15) is 5.78 Å². The number of hydrogen-bond acceptors (Lipinski definition) is 2. The number of carbonyl (C=O) groups is 1. The summed E-state index contributed by atoms with van der Waals surface area (Å²) in [7, 11) is 0.